The molecule has 1 aliphatic rings. The predicted molar refractivity (Wildman–Crippen MR) is 34.6 cm³/mol. The standard InChI is InChI=1S/C6H11NO3/c1-9-5-6(4-8)7-2-3-10-6/h4,7H,2-3,5H2,1H3. The van der Waals surface area contributed by atoms with Crippen LogP contribution in [0.25, 0.3) is 0 Å². The fourth-order valence-corrected chi connectivity index (χ4v) is 0.964. The molecule has 0 aromatic heterocycles. The van der Waals surface area contributed by atoms with Crippen molar-refractivity contribution in [1.82, 2.24) is 5.32 Å². The molecule has 0 radical (unpaired) electrons. The van der Waals surface area contributed by atoms with Crippen LogP contribution in [0.3, 0.4) is 0 Å². The Morgan fingerprint density at radius 2 is 2.70 bits per heavy atom. The van der Waals surface area contributed by atoms with Crippen LogP contribution >= 0.6 is 0 Å². The summed E-state index contributed by atoms with van der Waals surface area (Å²) < 4.78 is 9.93. The van der Waals surface area contributed by atoms with Crippen LogP contribution in [-0.2, 0) is 14.3 Å². The first-order valence-corrected chi connectivity index (χ1v) is 3.17. The zero-order valence-corrected chi connectivity index (χ0v) is 5.92. The number of aldehydes is 1. The summed E-state index contributed by atoms with van der Waals surface area (Å²) in [6.45, 7) is 1.56. The van der Waals surface area contributed by atoms with Gasteiger partial charge < -0.3 is 9.47 Å². The third-order valence-electron chi connectivity index (χ3n) is 1.44. The molecule has 0 aromatic rings. The van der Waals surface area contributed by atoms with Gasteiger partial charge in [-0.25, -0.2) is 0 Å². The van der Waals surface area contributed by atoms with Crippen molar-refractivity contribution in [3.05, 3.63) is 0 Å². The van der Waals surface area contributed by atoms with E-state index in [0.29, 0.717) is 13.2 Å². The molecule has 1 fully saturated rings. The molecule has 1 unspecified atom stereocenters. The van der Waals surface area contributed by atoms with Crippen LogP contribution in [0.2, 0.25) is 0 Å². The lowest BCUT2D eigenvalue weighted by Gasteiger charge is -2.19. The monoisotopic (exact) mass is 145 g/mol. The minimum atomic E-state index is -0.866. The van der Waals surface area contributed by atoms with Crippen molar-refractivity contribution in [2.45, 2.75) is 5.72 Å². The smallest absolute Gasteiger partial charge is 0.199 e. The minimum absolute atomic E-state index is 0.274. The van der Waals surface area contributed by atoms with Crippen LogP contribution in [0.5, 0.6) is 0 Å². The maximum Gasteiger partial charge on any atom is 0.199 e. The summed E-state index contributed by atoms with van der Waals surface area (Å²) in [6.07, 6.45) is 0.740. The molecule has 1 N–H and O–H groups in total. The molecule has 0 aliphatic carbocycles. The topological polar surface area (TPSA) is 47.6 Å². The lowest BCUT2D eigenvalue weighted by Crippen LogP contribution is -2.46. The molecule has 58 valence electrons. The van der Waals surface area contributed by atoms with E-state index in [9.17, 15) is 4.79 Å². The molecule has 1 atom stereocenters. The number of hydrogen-bond donors (Lipinski definition) is 1. The van der Waals surface area contributed by atoms with Crippen LogP contribution in [0.15, 0.2) is 0 Å². The highest BCUT2D eigenvalue weighted by molar-refractivity contribution is 5.62. The molecule has 4 nitrogen and oxygen atoms in total. The van der Waals surface area contributed by atoms with E-state index in [0.717, 1.165) is 6.29 Å². The van der Waals surface area contributed by atoms with Gasteiger partial charge in [-0.15, -0.1) is 0 Å². The lowest BCUT2D eigenvalue weighted by molar-refractivity contribution is -0.134. The Kier molecular flexibility index (Phi) is 2.37. The van der Waals surface area contributed by atoms with Crippen LogP contribution < -0.4 is 5.32 Å². The van der Waals surface area contributed by atoms with E-state index >= 15 is 0 Å². The summed E-state index contributed by atoms with van der Waals surface area (Å²) in [4.78, 5) is 10.5. The van der Waals surface area contributed by atoms with Crippen LogP contribution in [-0.4, -0.2) is 38.9 Å². The van der Waals surface area contributed by atoms with Gasteiger partial charge in [0.15, 0.2) is 12.0 Å². The van der Waals surface area contributed by atoms with Crippen molar-refractivity contribution >= 4 is 6.29 Å². The molecule has 1 aliphatic heterocycles. The Morgan fingerprint density at radius 1 is 1.90 bits per heavy atom. The van der Waals surface area contributed by atoms with Gasteiger partial charge in [0.1, 0.15) is 0 Å². The van der Waals surface area contributed by atoms with E-state index < -0.39 is 5.72 Å². The van der Waals surface area contributed by atoms with Gasteiger partial charge in [-0.1, -0.05) is 0 Å². The van der Waals surface area contributed by atoms with E-state index in [-0.39, 0.29) is 6.61 Å². The molecule has 10 heavy (non-hydrogen) atoms. The van der Waals surface area contributed by atoms with E-state index in [1.807, 2.05) is 0 Å². The highest BCUT2D eigenvalue weighted by Crippen LogP contribution is 2.08. The fourth-order valence-electron chi connectivity index (χ4n) is 0.964. The quantitative estimate of drug-likeness (QED) is 0.525. The highest BCUT2D eigenvalue weighted by Gasteiger charge is 2.34. The largest absolute Gasteiger partial charge is 0.380 e. The molecule has 1 saturated heterocycles. The van der Waals surface area contributed by atoms with Gasteiger partial charge in [0, 0.05) is 13.7 Å². The Bertz CT molecular complexity index is 120. The number of carbonyl (C=O) groups excluding carboxylic acids is 1. The molecular weight excluding hydrogens is 134 g/mol. The summed E-state index contributed by atoms with van der Waals surface area (Å²) in [7, 11) is 1.54. The summed E-state index contributed by atoms with van der Waals surface area (Å²) in [5, 5.41) is 2.91. The molecule has 0 saturated carbocycles. The van der Waals surface area contributed by atoms with Crippen molar-refractivity contribution in [2.24, 2.45) is 0 Å². The first-order chi connectivity index (χ1) is 4.83. The molecule has 1 rings (SSSR count). The summed E-state index contributed by atoms with van der Waals surface area (Å²) in [6, 6.07) is 0. The van der Waals surface area contributed by atoms with Gasteiger partial charge in [-0.05, 0) is 0 Å². The van der Waals surface area contributed by atoms with E-state index in [2.05, 4.69) is 5.32 Å². The normalized spacial score (nSPS) is 32.5. The van der Waals surface area contributed by atoms with Gasteiger partial charge in [0.05, 0.1) is 13.2 Å². The summed E-state index contributed by atoms with van der Waals surface area (Å²) in [5.74, 6) is 0. The highest BCUT2D eigenvalue weighted by atomic mass is 16.6. The average molecular weight is 145 g/mol. The lowest BCUT2D eigenvalue weighted by atomic mass is 10.3. The van der Waals surface area contributed by atoms with Gasteiger partial charge in [-0.3, -0.25) is 10.1 Å². The number of methoxy groups -OCH3 is 1. The number of nitrogens with one attached hydrogen (secondary N) is 1. The second kappa shape index (κ2) is 3.09. The van der Waals surface area contributed by atoms with E-state index in [4.69, 9.17) is 9.47 Å². The minimum Gasteiger partial charge on any atom is -0.380 e. The molecular formula is C6H11NO3. The summed E-state index contributed by atoms with van der Waals surface area (Å²) >= 11 is 0. The number of ether oxygens (including phenoxy) is 2. The SMILES string of the molecule is COCC1(C=O)NCCO1. The zero-order chi connectivity index (χ0) is 7.45. The second-order valence-electron chi connectivity index (χ2n) is 2.22. The van der Waals surface area contributed by atoms with Gasteiger partial charge in [0.2, 0.25) is 0 Å². The van der Waals surface area contributed by atoms with E-state index in [1.54, 1.807) is 0 Å². The van der Waals surface area contributed by atoms with Crippen LogP contribution in [0.4, 0.5) is 0 Å². The maximum atomic E-state index is 10.5. The van der Waals surface area contributed by atoms with Crippen molar-refractivity contribution in [3.63, 3.8) is 0 Å². The molecule has 0 spiro atoms. The Morgan fingerprint density at radius 3 is 3.10 bits per heavy atom. The second-order valence-corrected chi connectivity index (χ2v) is 2.22. The van der Waals surface area contributed by atoms with E-state index in [1.165, 1.54) is 7.11 Å². The van der Waals surface area contributed by atoms with Crippen molar-refractivity contribution < 1.29 is 14.3 Å². The molecule has 0 aromatic carbocycles. The van der Waals surface area contributed by atoms with Crippen LogP contribution in [0, 0.1) is 0 Å². The third kappa shape index (κ3) is 1.34. The first-order valence-electron chi connectivity index (χ1n) is 3.17. The summed E-state index contributed by atoms with van der Waals surface area (Å²) in [5.41, 5.74) is -0.866. The molecule has 0 amide bonds. The van der Waals surface area contributed by atoms with Gasteiger partial charge in [0.25, 0.3) is 0 Å². The Balaban J connectivity index is 2.49. The Hall–Kier alpha value is -0.450. The number of hydrogen-bond acceptors (Lipinski definition) is 4. The Labute approximate surface area is 59.5 Å². The molecule has 1 heterocycles. The zero-order valence-electron chi connectivity index (χ0n) is 5.92. The predicted octanol–water partition coefficient (Wildman–Crippen LogP) is -0.852. The average Bonchev–Trinajstić information content (AvgIpc) is 2.39. The number of rotatable bonds is 3. The van der Waals surface area contributed by atoms with Gasteiger partial charge >= 0.3 is 0 Å². The molecule has 4 heteroatoms. The van der Waals surface area contributed by atoms with Crippen molar-refractivity contribution in [1.29, 1.82) is 0 Å². The first kappa shape index (κ1) is 7.65. The third-order valence-corrected chi connectivity index (χ3v) is 1.44. The maximum absolute atomic E-state index is 10.5. The fraction of sp³-hybridized carbons (Fsp3) is 0.833. The number of carbonyl (C=O) groups is 1. The van der Waals surface area contributed by atoms with Crippen molar-refractivity contribution in [3.8, 4) is 0 Å². The molecule has 0 bridgehead atoms. The van der Waals surface area contributed by atoms with Crippen LogP contribution in [0.1, 0.15) is 0 Å². The van der Waals surface area contributed by atoms with Crippen molar-refractivity contribution in [2.75, 3.05) is 26.9 Å². The van der Waals surface area contributed by atoms with Gasteiger partial charge in [-0.2, -0.15) is 0 Å².